The van der Waals surface area contributed by atoms with Crippen LogP contribution in [-0.4, -0.2) is 15.2 Å². The Balaban J connectivity index is 2.34. The quantitative estimate of drug-likeness (QED) is 0.762. The lowest BCUT2D eigenvalue weighted by molar-refractivity contribution is 0.828. The molecule has 0 bridgehead atoms. The van der Waals surface area contributed by atoms with Crippen LogP contribution in [0.1, 0.15) is 16.8 Å². The van der Waals surface area contributed by atoms with Crippen LogP contribution in [0.5, 0.6) is 0 Å². The van der Waals surface area contributed by atoms with Gasteiger partial charge in [0.2, 0.25) is 0 Å². The van der Waals surface area contributed by atoms with Crippen molar-refractivity contribution in [3.63, 3.8) is 0 Å². The second-order valence-corrected chi connectivity index (χ2v) is 3.62. The van der Waals surface area contributed by atoms with E-state index in [1.165, 1.54) is 0 Å². The summed E-state index contributed by atoms with van der Waals surface area (Å²) in [6.45, 7) is 1.98. The molecule has 0 aliphatic heterocycles. The third kappa shape index (κ3) is 2.25. The van der Waals surface area contributed by atoms with Crippen molar-refractivity contribution >= 4 is 0 Å². The van der Waals surface area contributed by atoms with Crippen molar-refractivity contribution in [3.8, 4) is 0 Å². The van der Waals surface area contributed by atoms with Gasteiger partial charge in [0, 0.05) is 6.42 Å². The zero-order valence-electron chi connectivity index (χ0n) is 8.78. The van der Waals surface area contributed by atoms with Gasteiger partial charge in [-0.3, -0.25) is 9.78 Å². The van der Waals surface area contributed by atoms with E-state index in [0.717, 1.165) is 11.1 Å². The molecule has 2 rings (SSSR count). The summed E-state index contributed by atoms with van der Waals surface area (Å²) >= 11 is 0. The van der Waals surface area contributed by atoms with E-state index in [9.17, 15) is 9.59 Å². The smallest absolute Gasteiger partial charge is 0.271 e. The minimum Gasteiger partial charge on any atom is -0.271 e. The highest BCUT2D eigenvalue weighted by atomic mass is 16.2. The van der Waals surface area contributed by atoms with Crippen molar-refractivity contribution in [2.45, 2.75) is 13.3 Å². The number of H-pyrrole nitrogens is 2. The Kier molecular flexibility index (Phi) is 2.68. The SMILES string of the molecule is Cc1cccc(Cc2n[nH]c(=O)[nH]c2=O)c1. The molecule has 5 nitrogen and oxygen atoms in total. The highest BCUT2D eigenvalue weighted by Gasteiger charge is 2.03. The average Bonchev–Trinajstić information content (AvgIpc) is 2.22. The van der Waals surface area contributed by atoms with Crippen LogP contribution in [0.25, 0.3) is 0 Å². The molecule has 0 atom stereocenters. The summed E-state index contributed by atoms with van der Waals surface area (Å²) in [7, 11) is 0. The van der Waals surface area contributed by atoms with Gasteiger partial charge >= 0.3 is 5.69 Å². The second kappa shape index (κ2) is 4.14. The van der Waals surface area contributed by atoms with Gasteiger partial charge in [0.25, 0.3) is 5.56 Å². The molecule has 82 valence electrons. The topological polar surface area (TPSA) is 78.6 Å². The predicted octanol–water partition coefficient (Wildman–Crippen LogP) is 0.357. The Morgan fingerprint density at radius 3 is 2.81 bits per heavy atom. The van der Waals surface area contributed by atoms with Gasteiger partial charge in [-0.1, -0.05) is 29.8 Å². The van der Waals surface area contributed by atoms with Gasteiger partial charge in [-0.05, 0) is 12.5 Å². The highest BCUT2D eigenvalue weighted by Crippen LogP contribution is 2.06. The van der Waals surface area contributed by atoms with Gasteiger partial charge in [-0.25, -0.2) is 9.89 Å². The predicted molar refractivity (Wildman–Crippen MR) is 59.5 cm³/mol. The Morgan fingerprint density at radius 1 is 1.31 bits per heavy atom. The number of benzene rings is 1. The number of hydrogen-bond donors (Lipinski definition) is 2. The summed E-state index contributed by atoms with van der Waals surface area (Å²) in [5.41, 5.74) is 1.40. The Hall–Kier alpha value is -2.17. The van der Waals surface area contributed by atoms with Crippen molar-refractivity contribution in [3.05, 3.63) is 61.9 Å². The van der Waals surface area contributed by atoms with Crippen molar-refractivity contribution in [2.75, 3.05) is 0 Å². The lowest BCUT2D eigenvalue weighted by atomic mass is 10.1. The van der Waals surface area contributed by atoms with E-state index in [-0.39, 0.29) is 0 Å². The van der Waals surface area contributed by atoms with Crippen LogP contribution < -0.4 is 11.2 Å². The Morgan fingerprint density at radius 2 is 2.12 bits per heavy atom. The molecule has 0 saturated carbocycles. The monoisotopic (exact) mass is 217 g/mol. The minimum absolute atomic E-state index is 0.310. The normalized spacial score (nSPS) is 10.3. The summed E-state index contributed by atoms with van der Waals surface area (Å²) in [5.74, 6) is 0. The zero-order valence-corrected chi connectivity index (χ0v) is 8.78. The standard InChI is InChI=1S/C11H11N3O2/c1-7-3-2-4-8(5-7)6-9-10(15)12-11(16)14-13-9/h2-5H,6H2,1H3,(H2,12,14,15,16). The number of aromatic nitrogens is 3. The molecular weight excluding hydrogens is 206 g/mol. The zero-order chi connectivity index (χ0) is 11.5. The first-order valence-electron chi connectivity index (χ1n) is 4.88. The van der Waals surface area contributed by atoms with Crippen LogP contribution in [-0.2, 0) is 6.42 Å². The summed E-state index contributed by atoms with van der Waals surface area (Å²) in [5, 5.41) is 5.94. The molecule has 16 heavy (non-hydrogen) atoms. The Bertz CT molecular complexity index is 613. The van der Waals surface area contributed by atoms with Crippen molar-refractivity contribution in [1.82, 2.24) is 15.2 Å². The molecule has 0 spiro atoms. The molecule has 1 aromatic heterocycles. The minimum atomic E-state index is -0.585. The molecular formula is C11H11N3O2. The van der Waals surface area contributed by atoms with Crippen LogP contribution in [0.4, 0.5) is 0 Å². The summed E-state index contributed by atoms with van der Waals surface area (Å²) in [6, 6.07) is 7.80. The van der Waals surface area contributed by atoms with Gasteiger partial charge in [0.1, 0.15) is 5.69 Å². The summed E-state index contributed by atoms with van der Waals surface area (Å²) < 4.78 is 0. The van der Waals surface area contributed by atoms with Gasteiger partial charge in [0.15, 0.2) is 0 Å². The van der Waals surface area contributed by atoms with Crippen LogP contribution in [0.2, 0.25) is 0 Å². The second-order valence-electron chi connectivity index (χ2n) is 3.62. The maximum Gasteiger partial charge on any atom is 0.342 e. The summed E-state index contributed by atoms with van der Waals surface area (Å²) in [6.07, 6.45) is 0.411. The lowest BCUT2D eigenvalue weighted by Crippen LogP contribution is -2.27. The third-order valence-corrected chi connectivity index (χ3v) is 2.24. The van der Waals surface area contributed by atoms with Crippen molar-refractivity contribution in [2.24, 2.45) is 0 Å². The fourth-order valence-corrected chi connectivity index (χ4v) is 1.51. The third-order valence-electron chi connectivity index (χ3n) is 2.24. The van der Waals surface area contributed by atoms with E-state index < -0.39 is 11.2 Å². The van der Waals surface area contributed by atoms with E-state index >= 15 is 0 Å². The molecule has 2 N–H and O–H groups in total. The number of aryl methyl sites for hydroxylation is 1. The van der Waals surface area contributed by atoms with Gasteiger partial charge < -0.3 is 0 Å². The Labute approximate surface area is 91.2 Å². The fraction of sp³-hybridized carbons (Fsp3) is 0.182. The fourth-order valence-electron chi connectivity index (χ4n) is 1.51. The van der Waals surface area contributed by atoms with Crippen LogP contribution >= 0.6 is 0 Å². The number of nitrogens with one attached hydrogen (secondary N) is 2. The van der Waals surface area contributed by atoms with E-state index in [1.807, 2.05) is 31.2 Å². The first kappa shape index (κ1) is 10.4. The molecule has 2 aromatic rings. The molecule has 0 aliphatic carbocycles. The first-order valence-corrected chi connectivity index (χ1v) is 4.88. The van der Waals surface area contributed by atoms with E-state index in [2.05, 4.69) is 15.2 Å². The number of aromatic amines is 2. The number of rotatable bonds is 2. The lowest BCUT2D eigenvalue weighted by Gasteiger charge is -2.00. The molecule has 1 aromatic carbocycles. The molecule has 1 heterocycles. The van der Waals surface area contributed by atoms with Crippen molar-refractivity contribution < 1.29 is 0 Å². The van der Waals surface area contributed by atoms with E-state index in [4.69, 9.17) is 0 Å². The summed E-state index contributed by atoms with van der Waals surface area (Å²) in [4.78, 5) is 24.3. The van der Waals surface area contributed by atoms with Gasteiger partial charge in [0.05, 0.1) is 0 Å². The molecule has 0 saturated heterocycles. The number of nitrogens with zero attached hydrogens (tertiary/aromatic N) is 1. The first-order chi connectivity index (χ1) is 7.65. The van der Waals surface area contributed by atoms with Crippen molar-refractivity contribution in [1.29, 1.82) is 0 Å². The average molecular weight is 217 g/mol. The molecule has 0 unspecified atom stereocenters. The maximum atomic E-state index is 11.4. The molecule has 5 heteroatoms. The van der Waals surface area contributed by atoms with Crippen LogP contribution in [0.15, 0.2) is 33.9 Å². The van der Waals surface area contributed by atoms with E-state index in [0.29, 0.717) is 12.1 Å². The van der Waals surface area contributed by atoms with Gasteiger partial charge in [-0.2, -0.15) is 5.10 Å². The molecule has 0 fully saturated rings. The van der Waals surface area contributed by atoms with Gasteiger partial charge in [-0.15, -0.1) is 0 Å². The number of hydrogen-bond acceptors (Lipinski definition) is 3. The molecule has 0 radical (unpaired) electrons. The van der Waals surface area contributed by atoms with Crippen LogP contribution in [0.3, 0.4) is 0 Å². The molecule has 0 aliphatic rings. The maximum absolute atomic E-state index is 11.4. The largest absolute Gasteiger partial charge is 0.342 e. The van der Waals surface area contributed by atoms with E-state index in [1.54, 1.807) is 0 Å². The van der Waals surface area contributed by atoms with Crippen LogP contribution in [0, 0.1) is 6.92 Å². The highest BCUT2D eigenvalue weighted by molar-refractivity contribution is 5.25. The molecule has 0 amide bonds.